The average Bonchev–Trinajstić information content (AvgIpc) is 2.44. The first kappa shape index (κ1) is 19.0. The van der Waals surface area contributed by atoms with E-state index >= 15 is 0 Å². The van der Waals surface area contributed by atoms with Gasteiger partial charge in [0.15, 0.2) is 0 Å². The van der Waals surface area contributed by atoms with Gasteiger partial charge < -0.3 is 0 Å². The van der Waals surface area contributed by atoms with Crippen molar-refractivity contribution in [1.82, 2.24) is 0 Å². The summed E-state index contributed by atoms with van der Waals surface area (Å²) in [6.45, 7) is 15.5. The van der Waals surface area contributed by atoms with Crippen LogP contribution in [0.5, 0.6) is 0 Å². The number of hydrogen-bond acceptors (Lipinski definition) is 0. The van der Waals surface area contributed by atoms with Gasteiger partial charge in [0.1, 0.15) is 0 Å². The highest BCUT2D eigenvalue weighted by Gasteiger charge is 2.34. The zero-order valence-corrected chi connectivity index (χ0v) is 16.4. The van der Waals surface area contributed by atoms with E-state index < -0.39 is 12.9 Å². The Morgan fingerprint density at radius 1 is 1.18 bits per heavy atom. The minimum atomic E-state index is -1.51. The Morgan fingerprint density at radius 2 is 1.77 bits per heavy atom. The fourth-order valence-corrected chi connectivity index (χ4v) is 4.80. The van der Waals surface area contributed by atoms with Gasteiger partial charge >= 0.3 is 0 Å². The van der Waals surface area contributed by atoms with Gasteiger partial charge in [-0.3, -0.25) is 0 Å². The molecule has 0 radical (unpaired) electrons. The molecule has 2 heteroatoms. The maximum atomic E-state index is 7.03. The second-order valence-electron chi connectivity index (χ2n) is 7.16. The molecule has 0 aliphatic heterocycles. The lowest BCUT2D eigenvalue weighted by Crippen LogP contribution is -2.36. The van der Waals surface area contributed by atoms with Crippen molar-refractivity contribution in [2.24, 2.45) is 0 Å². The fourth-order valence-electron chi connectivity index (χ4n) is 2.32. The number of allylic oxidation sites excluding steroid dienone is 4. The zero-order chi connectivity index (χ0) is 16.8. The molecule has 1 rings (SSSR count). The quantitative estimate of drug-likeness (QED) is 0.291. The highest BCUT2D eigenvalue weighted by molar-refractivity contribution is 6.84. The van der Waals surface area contributed by atoms with Gasteiger partial charge in [0.25, 0.3) is 0 Å². The van der Waals surface area contributed by atoms with Crippen LogP contribution in [0.1, 0.15) is 32.3 Å². The van der Waals surface area contributed by atoms with E-state index in [1.165, 1.54) is 16.3 Å². The van der Waals surface area contributed by atoms with Crippen LogP contribution in [0.4, 0.5) is 0 Å². The Hall–Kier alpha value is -1.05. The first-order chi connectivity index (χ1) is 10.1. The molecule has 0 bridgehead atoms. The van der Waals surface area contributed by atoms with Gasteiger partial charge in [0, 0.05) is 0 Å². The van der Waals surface area contributed by atoms with E-state index in [0.29, 0.717) is 0 Å². The van der Waals surface area contributed by atoms with E-state index in [9.17, 15) is 0 Å². The van der Waals surface area contributed by atoms with E-state index in [0.717, 1.165) is 12.8 Å². The van der Waals surface area contributed by atoms with E-state index in [2.05, 4.69) is 70.4 Å². The Balaban J connectivity index is 3.02. The van der Waals surface area contributed by atoms with E-state index in [1.807, 2.05) is 18.2 Å². The summed E-state index contributed by atoms with van der Waals surface area (Å²) in [4.78, 5) is -0.452. The predicted octanol–water partition coefficient (Wildman–Crippen LogP) is 6.86. The van der Waals surface area contributed by atoms with Gasteiger partial charge in [-0.2, -0.15) is 0 Å². The molecule has 1 aromatic carbocycles. The van der Waals surface area contributed by atoms with Crippen molar-refractivity contribution in [1.29, 1.82) is 0 Å². The molecular weight excluding hydrogens is 304 g/mol. The van der Waals surface area contributed by atoms with Gasteiger partial charge in [-0.05, 0) is 32.3 Å². The largest absolute Gasteiger partial charge is 0.110 e. The molecule has 1 aromatic rings. The molecule has 0 aromatic heterocycles. The van der Waals surface area contributed by atoms with E-state index in [-0.39, 0.29) is 0 Å². The third kappa shape index (κ3) is 5.98. The summed E-state index contributed by atoms with van der Waals surface area (Å²) in [5.74, 6) is 0. The van der Waals surface area contributed by atoms with E-state index in [4.69, 9.17) is 11.6 Å². The second-order valence-corrected chi connectivity index (χ2v) is 12.9. The standard InChI is InChI=1S/C20H29ClSi/c1-17(2)11-10-15-20(21,18(3)22(4,5)6)16-14-19-12-8-7-9-13-19/h7-9,11-14,16H,3,10,15H2,1-2,4-6H3/b16-14+. The Kier molecular flexibility index (Phi) is 6.89. The summed E-state index contributed by atoms with van der Waals surface area (Å²) >= 11 is 7.03. The van der Waals surface area contributed by atoms with E-state index in [1.54, 1.807) is 0 Å². The molecule has 0 heterocycles. The van der Waals surface area contributed by atoms with Crippen LogP contribution in [0.2, 0.25) is 19.6 Å². The van der Waals surface area contributed by atoms with Gasteiger partial charge in [0.05, 0.1) is 12.9 Å². The lowest BCUT2D eigenvalue weighted by atomic mass is 9.99. The number of hydrogen-bond donors (Lipinski definition) is 0. The molecular formula is C20H29ClSi. The first-order valence-corrected chi connectivity index (χ1v) is 11.8. The van der Waals surface area contributed by atoms with Crippen LogP contribution < -0.4 is 0 Å². The normalized spacial score (nSPS) is 14.6. The Morgan fingerprint density at radius 3 is 2.27 bits per heavy atom. The minimum absolute atomic E-state index is 0.452. The molecule has 0 aliphatic carbocycles. The Bertz CT molecular complexity index is 545. The highest BCUT2D eigenvalue weighted by Crippen LogP contribution is 2.37. The van der Waals surface area contributed by atoms with Crippen LogP contribution in [0.3, 0.4) is 0 Å². The SMILES string of the molecule is C=C(C(Cl)(/C=C/c1ccccc1)CCC=C(C)C)[Si](C)(C)C. The van der Waals surface area contributed by atoms with Crippen LogP contribution in [0.25, 0.3) is 6.08 Å². The highest BCUT2D eigenvalue weighted by atomic mass is 35.5. The van der Waals surface area contributed by atoms with Crippen molar-refractivity contribution in [3.05, 3.63) is 65.4 Å². The van der Waals surface area contributed by atoms with Crippen molar-refractivity contribution >= 4 is 25.8 Å². The van der Waals surface area contributed by atoms with Gasteiger partial charge in [-0.1, -0.05) is 79.0 Å². The molecule has 0 aliphatic rings. The third-order valence-corrected chi connectivity index (χ3v) is 6.77. The molecule has 1 unspecified atom stereocenters. The molecule has 0 spiro atoms. The first-order valence-electron chi connectivity index (χ1n) is 7.91. The van der Waals surface area contributed by atoms with Crippen molar-refractivity contribution in [3.63, 3.8) is 0 Å². The zero-order valence-electron chi connectivity index (χ0n) is 14.6. The molecule has 0 saturated heterocycles. The van der Waals surface area contributed by atoms with Crippen LogP contribution >= 0.6 is 11.6 Å². The smallest absolute Gasteiger partial charge is 0.0804 e. The van der Waals surface area contributed by atoms with Crippen molar-refractivity contribution < 1.29 is 0 Å². The topological polar surface area (TPSA) is 0 Å². The maximum absolute atomic E-state index is 7.03. The van der Waals surface area contributed by atoms with Crippen LogP contribution in [0.15, 0.2) is 59.8 Å². The second kappa shape index (κ2) is 7.98. The summed E-state index contributed by atoms with van der Waals surface area (Å²) in [5, 5.41) is 1.20. The molecule has 0 N–H and O–H groups in total. The number of rotatable bonds is 7. The summed E-state index contributed by atoms with van der Waals surface area (Å²) in [5.41, 5.74) is 2.52. The molecule has 0 saturated carbocycles. The number of alkyl halides is 1. The van der Waals surface area contributed by atoms with Crippen LogP contribution in [-0.4, -0.2) is 12.9 Å². The monoisotopic (exact) mass is 332 g/mol. The molecule has 120 valence electrons. The lowest BCUT2D eigenvalue weighted by molar-refractivity contribution is 0.743. The van der Waals surface area contributed by atoms with Gasteiger partial charge in [-0.15, -0.1) is 18.2 Å². The van der Waals surface area contributed by atoms with Gasteiger partial charge in [0.2, 0.25) is 0 Å². The molecule has 1 atom stereocenters. The predicted molar refractivity (Wildman–Crippen MR) is 105 cm³/mol. The molecule has 0 nitrogen and oxygen atoms in total. The Labute approximate surface area is 142 Å². The summed E-state index contributed by atoms with van der Waals surface area (Å²) < 4.78 is 0. The molecule has 0 fully saturated rings. The maximum Gasteiger partial charge on any atom is 0.0804 e. The van der Waals surface area contributed by atoms with Crippen LogP contribution in [0, 0.1) is 0 Å². The third-order valence-electron chi connectivity index (χ3n) is 3.81. The number of benzene rings is 1. The number of halogens is 1. The van der Waals surface area contributed by atoms with Crippen molar-refractivity contribution in [3.8, 4) is 0 Å². The van der Waals surface area contributed by atoms with Crippen molar-refractivity contribution in [2.45, 2.75) is 51.2 Å². The lowest BCUT2D eigenvalue weighted by Gasteiger charge is -2.33. The van der Waals surface area contributed by atoms with Gasteiger partial charge in [-0.25, -0.2) is 0 Å². The molecule has 22 heavy (non-hydrogen) atoms. The average molecular weight is 333 g/mol. The van der Waals surface area contributed by atoms with Crippen LogP contribution in [-0.2, 0) is 0 Å². The summed E-state index contributed by atoms with van der Waals surface area (Å²) in [6, 6.07) is 10.3. The molecule has 0 amide bonds. The fraction of sp³-hybridized carbons (Fsp3) is 0.400. The summed E-state index contributed by atoms with van der Waals surface area (Å²) in [6.07, 6.45) is 8.40. The summed E-state index contributed by atoms with van der Waals surface area (Å²) in [7, 11) is -1.51. The minimum Gasteiger partial charge on any atom is -0.110 e. The van der Waals surface area contributed by atoms with Crippen molar-refractivity contribution in [2.75, 3.05) is 0 Å².